The third-order valence-electron chi connectivity index (χ3n) is 3.67. The molecular weight excluding hydrogens is 358 g/mol. The van der Waals surface area contributed by atoms with Crippen molar-refractivity contribution in [1.29, 1.82) is 0 Å². The van der Waals surface area contributed by atoms with Gasteiger partial charge in [-0.05, 0) is 42.0 Å². The molecule has 134 valence electrons. The van der Waals surface area contributed by atoms with Crippen LogP contribution in [0.4, 0.5) is 5.69 Å². The van der Waals surface area contributed by atoms with E-state index in [0.717, 1.165) is 0 Å². The van der Waals surface area contributed by atoms with E-state index in [9.17, 15) is 9.59 Å². The van der Waals surface area contributed by atoms with E-state index in [2.05, 4.69) is 15.3 Å². The Balaban J connectivity index is 1.76. The lowest BCUT2D eigenvalue weighted by atomic mass is 10.2. The fourth-order valence-electron chi connectivity index (χ4n) is 2.50. The van der Waals surface area contributed by atoms with E-state index in [1.807, 2.05) is 0 Å². The van der Waals surface area contributed by atoms with Crippen molar-refractivity contribution in [2.24, 2.45) is 0 Å². The molecule has 1 aromatic heterocycles. The summed E-state index contributed by atoms with van der Waals surface area (Å²) in [7, 11) is 3.01. The van der Waals surface area contributed by atoms with Crippen molar-refractivity contribution in [3.8, 4) is 11.5 Å². The second kappa shape index (κ2) is 7.37. The maximum atomic E-state index is 12.1. The number of hydrogen-bond acceptors (Lipinski definition) is 4. The molecule has 1 heterocycles. The molecule has 3 rings (SSSR count). The molecule has 3 N–H and O–H groups in total. The van der Waals surface area contributed by atoms with E-state index < -0.39 is 0 Å². The predicted octanol–water partition coefficient (Wildman–Crippen LogP) is 3.18. The summed E-state index contributed by atoms with van der Waals surface area (Å²) in [6.07, 6.45) is 2.99. The minimum atomic E-state index is -0.326. The number of carbonyl (C=O) groups is 1. The number of rotatable bonds is 5. The lowest BCUT2D eigenvalue weighted by Gasteiger charge is -2.10. The molecular formula is C18H16ClN3O4. The standard InChI is InChI=1S/C18H16ClN3O4/c1-25-15-8-10(7-12(19)17(15)26-2)3-6-16(23)20-11-4-5-13-14(9-11)22-18(24)21-13/h3-9H,1-2H3,(H,20,23)(H2,21,22,24). The fraction of sp³-hybridized carbons (Fsp3) is 0.111. The number of benzene rings is 2. The largest absolute Gasteiger partial charge is 0.493 e. The van der Waals surface area contributed by atoms with Gasteiger partial charge < -0.3 is 24.8 Å². The Morgan fingerprint density at radius 2 is 1.88 bits per heavy atom. The minimum Gasteiger partial charge on any atom is -0.493 e. The quantitative estimate of drug-likeness (QED) is 0.598. The molecule has 0 fully saturated rings. The van der Waals surface area contributed by atoms with Crippen LogP contribution < -0.4 is 20.5 Å². The predicted molar refractivity (Wildman–Crippen MR) is 101 cm³/mol. The maximum absolute atomic E-state index is 12.1. The van der Waals surface area contributed by atoms with Gasteiger partial charge in [-0.3, -0.25) is 4.79 Å². The van der Waals surface area contributed by atoms with Gasteiger partial charge in [-0.1, -0.05) is 11.6 Å². The van der Waals surface area contributed by atoms with Crippen molar-refractivity contribution in [3.63, 3.8) is 0 Å². The van der Waals surface area contributed by atoms with Crippen LogP contribution in [0.2, 0.25) is 5.02 Å². The molecule has 0 spiro atoms. The normalized spacial score (nSPS) is 11.0. The Kier molecular flexibility index (Phi) is 4.99. The maximum Gasteiger partial charge on any atom is 0.323 e. The summed E-state index contributed by atoms with van der Waals surface area (Å²) in [4.78, 5) is 28.7. The van der Waals surface area contributed by atoms with Gasteiger partial charge in [-0.15, -0.1) is 0 Å². The van der Waals surface area contributed by atoms with Crippen molar-refractivity contribution in [2.45, 2.75) is 0 Å². The van der Waals surface area contributed by atoms with Gasteiger partial charge in [-0.25, -0.2) is 4.79 Å². The van der Waals surface area contributed by atoms with Crippen LogP contribution >= 0.6 is 11.6 Å². The lowest BCUT2D eigenvalue weighted by Crippen LogP contribution is -2.07. The molecule has 0 aliphatic carbocycles. The number of hydrogen-bond donors (Lipinski definition) is 3. The Morgan fingerprint density at radius 1 is 1.12 bits per heavy atom. The third kappa shape index (κ3) is 3.73. The lowest BCUT2D eigenvalue weighted by molar-refractivity contribution is -0.111. The van der Waals surface area contributed by atoms with Gasteiger partial charge in [0.25, 0.3) is 0 Å². The van der Waals surface area contributed by atoms with Crippen LogP contribution in [-0.2, 0) is 4.79 Å². The summed E-state index contributed by atoms with van der Waals surface area (Å²) in [5.74, 6) is 0.583. The van der Waals surface area contributed by atoms with E-state index in [1.165, 1.54) is 20.3 Å². The van der Waals surface area contributed by atoms with Crippen LogP contribution in [-0.4, -0.2) is 30.1 Å². The number of methoxy groups -OCH3 is 2. The number of carbonyl (C=O) groups excluding carboxylic acids is 1. The Morgan fingerprint density at radius 3 is 2.62 bits per heavy atom. The first-order chi connectivity index (χ1) is 12.5. The first-order valence-electron chi connectivity index (χ1n) is 7.63. The molecule has 8 heteroatoms. The highest BCUT2D eigenvalue weighted by molar-refractivity contribution is 6.32. The van der Waals surface area contributed by atoms with Crippen LogP contribution in [0.15, 0.2) is 41.2 Å². The molecule has 2 aromatic carbocycles. The summed E-state index contributed by atoms with van der Waals surface area (Å²) in [5.41, 5.74) is 2.24. The minimum absolute atomic E-state index is 0.297. The number of anilines is 1. The second-order valence-corrected chi connectivity index (χ2v) is 5.81. The van der Waals surface area contributed by atoms with E-state index in [-0.39, 0.29) is 11.6 Å². The van der Waals surface area contributed by atoms with Crippen LogP contribution in [0.3, 0.4) is 0 Å². The Bertz CT molecular complexity index is 1050. The molecule has 3 aromatic rings. The zero-order valence-electron chi connectivity index (χ0n) is 14.1. The first-order valence-corrected chi connectivity index (χ1v) is 8.00. The zero-order valence-corrected chi connectivity index (χ0v) is 14.8. The average Bonchev–Trinajstić information content (AvgIpc) is 2.98. The summed E-state index contributed by atoms with van der Waals surface area (Å²) < 4.78 is 10.4. The number of aromatic amines is 2. The Labute approximate surface area is 153 Å². The first kappa shape index (κ1) is 17.6. The summed E-state index contributed by atoms with van der Waals surface area (Å²) in [5, 5.41) is 3.11. The highest BCUT2D eigenvalue weighted by Gasteiger charge is 2.10. The zero-order chi connectivity index (χ0) is 18.7. The number of ether oxygens (including phenoxy) is 2. The number of H-pyrrole nitrogens is 2. The van der Waals surface area contributed by atoms with Gasteiger partial charge in [0.15, 0.2) is 11.5 Å². The van der Waals surface area contributed by atoms with Crippen molar-refractivity contribution >= 4 is 40.3 Å². The molecule has 0 saturated carbocycles. The number of aromatic nitrogens is 2. The highest BCUT2D eigenvalue weighted by atomic mass is 35.5. The van der Waals surface area contributed by atoms with Gasteiger partial charge >= 0.3 is 5.69 Å². The number of nitrogens with one attached hydrogen (secondary N) is 3. The molecule has 7 nitrogen and oxygen atoms in total. The summed E-state index contributed by atoms with van der Waals surface area (Å²) in [6, 6.07) is 8.46. The molecule has 1 amide bonds. The van der Waals surface area contributed by atoms with E-state index in [0.29, 0.717) is 38.8 Å². The number of imidazole rings is 1. The van der Waals surface area contributed by atoms with E-state index in [1.54, 1.807) is 36.4 Å². The smallest absolute Gasteiger partial charge is 0.323 e. The highest BCUT2D eigenvalue weighted by Crippen LogP contribution is 2.36. The second-order valence-electron chi connectivity index (χ2n) is 5.40. The van der Waals surface area contributed by atoms with Gasteiger partial charge in [0.05, 0.1) is 30.3 Å². The van der Waals surface area contributed by atoms with Crippen LogP contribution in [0.1, 0.15) is 5.56 Å². The Hall–Kier alpha value is -3.19. The van der Waals surface area contributed by atoms with Crippen LogP contribution in [0.25, 0.3) is 17.1 Å². The van der Waals surface area contributed by atoms with Gasteiger partial charge in [0, 0.05) is 11.8 Å². The van der Waals surface area contributed by atoms with Gasteiger partial charge in [0.1, 0.15) is 0 Å². The third-order valence-corrected chi connectivity index (χ3v) is 3.95. The number of amides is 1. The molecule has 0 aliphatic rings. The van der Waals surface area contributed by atoms with Crippen molar-refractivity contribution < 1.29 is 14.3 Å². The summed E-state index contributed by atoms with van der Waals surface area (Å²) in [6.45, 7) is 0. The van der Waals surface area contributed by atoms with Crippen LogP contribution in [0, 0.1) is 0 Å². The van der Waals surface area contributed by atoms with Gasteiger partial charge in [-0.2, -0.15) is 0 Å². The molecule has 0 radical (unpaired) electrons. The van der Waals surface area contributed by atoms with Crippen LogP contribution in [0.5, 0.6) is 11.5 Å². The molecule has 0 aliphatic heterocycles. The molecule has 0 saturated heterocycles. The molecule has 0 bridgehead atoms. The topological polar surface area (TPSA) is 96.2 Å². The van der Waals surface area contributed by atoms with Crippen molar-refractivity contribution in [2.75, 3.05) is 19.5 Å². The van der Waals surface area contributed by atoms with E-state index in [4.69, 9.17) is 21.1 Å². The summed E-state index contributed by atoms with van der Waals surface area (Å²) >= 11 is 6.14. The SMILES string of the molecule is COc1cc(C=CC(=O)Nc2ccc3[nH]c(=O)[nH]c3c2)cc(Cl)c1OC. The fourth-order valence-corrected chi connectivity index (χ4v) is 2.80. The average molecular weight is 374 g/mol. The van der Waals surface area contributed by atoms with Crippen molar-refractivity contribution in [3.05, 3.63) is 57.5 Å². The molecule has 0 unspecified atom stereocenters. The number of fused-ring (bicyclic) bond motifs is 1. The van der Waals surface area contributed by atoms with E-state index >= 15 is 0 Å². The molecule has 26 heavy (non-hydrogen) atoms. The van der Waals surface area contributed by atoms with Crippen molar-refractivity contribution in [1.82, 2.24) is 9.97 Å². The monoisotopic (exact) mass is 373 g/mol. The number of halogens is 1. The van der Waals surface area contributed by atoms with Gasteiger partial charge in [0.2, 0.25) is 5.91 Å². The molecule has 0 atom stereocenters.